The topological polar surface area (TPSA) is 79.3 Å². The summed E-state index contributed by atoms with van der Waals surface area (Å²) >= 11 is 0. The molecule has 3 aromatic rings. The molecule has 0 bridgehead atoms. The van der Waals surface area contributed by atoms with Crippen molar-refractivity contribution in [2.75, 3.05) is 0 Å². The van der Waals surface area contributed by atoms with Crippen molar-refractivity contribution in [1.29, 1.82) is 0 Å². The molecular weight excluding hydrogens is 304 g/mol. The summed E-state index contributed by atoms with van der Waals surface area (Å²) in [4.78, 5) is 28.2. The van der Waals surface area contributed by atoms with Crippen LogP contribution in [0.25, 0.3) is 5.65 Å². The van der Waals surface area contributed by atoms with E-state index in [4.69, 9.17) is 0 Å². The van der Waals surface area contributed by atoms with Gasteiger partial charge in [-0.2, -0.15) is 0 Å². The van der Waals surface area contributed by atoms with Crippen molar-refractivity contribution in [3.63, 3.8) is 0 Å². The number of H-pyrrole nitrogens is 1. The average molecular weight is 324 g/mol. The van der Waals surface area contributed by atoms with Crippen LogP contribution in [0.2, 0.25) is 0 Å². The fraction of sp³-hybridized carbons (Fsp3) is 0.278. The molecule has 0 unspecified atom stereocenters. The molecule has 24 heavy (non-hydrogen) atoms. The van der Waals surface area contributed by atoms with E-state index < -0.39 is 0 Å². The smallest absolute Gasteiger partial charge is 0.266 e. The highest BCUT2D eigenvalue weighted by Crippen LogP contribution is 2.14. The first-order chi connectivity index (χ1) is 11.5. The van der Waals surface area contributed by atoms with Crippen molar-refractivity contribution in [2.24, 2.45) is 0 Å². The van der Waals surface area contributed by atoms with E-state index in [0.29, 0.717) is 12.2 Å². The second-order valence-corrected chi connectivity index (χ2v) is 5.96. The number of amides is 1. The first-order valence-electron chi connectivity index (χ1n) is 7.85. The summed E-state index contributed by atoms with van der Waals surface area (Å²) in [7, 11) is 0. The number of fused-ring (bicyclic) bond motifs is 1. The number of aromatic amines is 1. The predicted molar refractivity (Wildman–Crippen MR) is 92.0 cm³/mol. The Balaban J connectivity index is 1.78. The molecule has 0 aliphatic carbocycles. The molecule has 2 aromatic heterocycles. The zero-order valence-corrected chi connectivity index (χ0v) is 14.0. The molecule has 1 aromatic carbocycles. The Bertz CT molecular complexity index is 969. The van der Waals surface area contributed by atoms with Gasteiger partial charge in [0.1, 0.15) is 0 Å². The van der Waals surface area contributed by atoms with Crippen LogP contribution in [0.15, 0.2) is 35.1 Å². The van der Waals surface area contributed by atoms with Crippen molar-refractivity contribution in [3.8, 4) is 0 Å². The lowest BCUT2D eigenvalue weighted by Gasteiger charge is -2.12. The lowest BCUT2D eigenvalue weighted by atomic mass is 10.1. The minimum Gasteiger partial charge on any atom is -0.352 e. The summed E-state index contributed by atoms with van der Waals surface area (Å²) in [6.07, 6.45) is 0.229. The fourth-order valence-electron chi connectivity index (χ4n) is 2.84. The number of aromatic nitrogens is 3. The van der Waals surface area contributed by atoms with E-state index in [1.807, 2.05) is 45.0 Å². The Kier molecular flexibility index (Phi) is 4.20. The lowest BCUT2D eigenvalue weighted by molar-refractivity contribution is -0.120. The van der Waals surface area contributed by atoms with Crippen molar-refractivity contribution >= 4 is 11.6 Å². The third kappa shape index (κ3) is 3.08. The summed E-state index contributed by atoms with van der Waals surface area (Å²) in [5, 5.41) is 5.65. The van der Waals surface area contributed by atoms with Gasteiger partial charge in [-0.3, -0.25) is 14.7 Å². The number of nitrogens with zero attached hydrogens (tertiary/aromatic N) is 2. The van der Waals surface area contributed by atoms with Gasteiger partial charge >= 0.3 is 0 Å². The molecule has 0 radical (unpaired) electrons. The van der Waals surface area contributed by atoms with Crippen LogP contribution in [0.1, 0.15) is 28.1 Å². The maximum atomic E-state index is 12.3. The molecule has 0 saturated heterocycles. The normalized spacial score (nSPS) is 11.0. The molecule has 6 heteroatoms. The Morgan fingerprint density at radius 2 is 2.00 bits per heavy atom. The van der Waals surface area contributed by atoms with Crippen LogP contribution in [-0.4, -0.2) is 20.5 Å². The van der Waals surface area contributed by atoms with E-state index in [9.17, 15) is 9.59 Å². The maximum absolute atomic E-state index is 12.3. The van der Waals surface area contributed by atoms with Gasteiger partial charge in [0.25, 0.3) is 5.56 Å². The number of carbonyl (C=O) groups is 1. The van der Waals surface area contributed by atoms with Gasteiger partial charge in [0, 0.05) is 29.6 Å². The van der Waals surface area contributed by atoms with Crippen LogP contribution in [0.3, 0.4) is 0 Å². The van der Waals surface area contributed by atoms with Gasteiger partial charge in [0.2, 0.25) is 5.91 Å². The van der Waals surface area contributed by atoms with Crippen molar-refractivity contribution in [2.45, 2.75) is 33.7 Å². The van der Waals surface area contributed by atoms with E-state index in [-0.39, 0.29) is 17.9 Å². The van der Waals surface area contributed by atoms with Gasteiger partial charge in [-0.15, -0.1) is 0 Å². The molecule has 3 rings (SSSR count). The van der Waals surface area contributed by atoms with Gasteiger partial charge < -0.3 is 5.32 Å². The highest BCUT2D eigenvalue weighted by atomic mass is 16.1. The minimum atomic E-state index is -0.203. The van der Waals surface area contributed by atoms with E-state index >= 15 is 0 Å². The van der Waals surface area contributed by atoms with Gasteiger partial charge in [0.05, 0.1) is 6.42 Å². The van der Waals surface area contributed by atoms with Gasteiger partial charge in [-0.25, -0.2) is 9.50 Å². The monoisotopic (exact) mass is 324 g/mol. The molecule has 0 spiro atoms. The zero-order valence-electron chi connectivity index (χ0n) is 14.0. The standard InChI is InChI=1S/C18H20N4O2/c1-11-6-4-5-7-14(11)10-19-17(23)8-15-12(2)20-16-9-18(24)21-22(16)13(15)3/h4-7,9H,8,10H2,1-3H3,(H,19,23)(H,21,24). The third-order valence-corrected chi connectivity index (χ3v) is 4.28. The number of rotatable bonds is 4. The first-order valence-corrected chi connectivity index (χ1v) is 7.85. The van der Waals surface area contributed by atoms with Crippen LogP contribution in [0.5, 0.6) is 0 Å². The minimum absolute atomic E-state index is 0.0693. The molecule has 1 amide bonds. The molecule has 2 N–H and O–H groups in total. The molecule has 6 nitrogen and oxygen atoms in total. The Labute approximate surface area is 139 Å². The number of hydrogen-bond acceptors (Lipinski definition) is 3. The van der Waals surface area contributed by atoms with Crippen LogP contribution in [-0.2, 0) is 17.8 Å². The lowest BCUT2D eigenvalue weighted by Crippen LogP contribution is -2.26. The van der Waals surface area contributed by atoms with Crippen LogP contribution in [0.4, 0.5) is 0 Å². The van der Waals surface area contributed by atoms with Crippen LogP contribution >= 0.6 is 0 Å². The zero-order chi connectivity index (χ0) is 17.3. The summed E-state index contributed by atoms with van der Waals surface area (Å²) in [5.74, 6) is -0.0693. The summed E-state index contributed by atoms with van der Waals surface area (Å²) in [5.41, 5.74) is 5.03. The van der Waals surface area contributed by atoms with E-state index in [2.05, 4.69) is 15.4 Å². The van der Waals surface area contributed by atoms with Crippen molar-refractivity contribution in [1.82, 2.24) is 19.9 Å². The van der Waals surface area contributed by atoms with Crippen LogP contribution in [0, 0.1) is 20.8 Å². The predicted octanol–water partition coefficient (Wildman–Crippen LogP) is 1.81. The number of nitrogens with one attached hydrogen (secondary N) is 2. The van der Waals surface area contributed by atoms with Gasteiger partial charge in [-0.1, -0.05) is 24.3 Å². The SMILES string of the molecule is Cc1ccccc1CNC(=O)Cc1c(C)nc2cc(=O)[nH]n2c1C. The summed E-state index contributed by atoms with van der Waals surface area (Å²) in [6, 6.07) is 9.41. The first kappa shape index (κ1) is 16.0. The Hall–Kier alpha value is -2.89. The molecule has 2 heterocycles. The summed E-state index contributed by atoms with van der Waals surface area (Å²) in [6.45, 7) is 6.26. The molecule has 0 atom stereocenters. The fourth-order valence-corrected chi connectivity index (χ4v) is 2.84. The van der Waals surface area contributed by atoms with Crippen molar-refractivity contribution < 1.29 is 4.79 Å². The second-order valence-electron chi connectivity index (χ2n) is 5.96. The third-order valence-electron chi connectivity index (χ3n) is 4.28. The van der Waals surface area contributed by atoms with Gasteiger partial charge in [0.15, 0.2) is 5.65 Å². The largest absolute Gasteiger partial charge is 0.352 e. The molecule has 0 fully saturated rings. The summed E-state index contributed by atoms with van der Waals surface area (Å²) < 4.78 is 1.62. The number of aryl methyl sites for hydroxylation is 3. The number of carbonyl (C=O) groups excluding carboxylic acids is 1. The van der Waals surface area contributed by atoms with E-state index in [1.165, 1.54) is 6.07 Å². The molecule has 0 saturated carbocycles. The molecular formula is C18H20N4O2. The van der Waals surface area contributed by atoms with Crippen LogP contribution < -0.4 is 10.9 Å². The molecule has 0 aliphatic heterocycles. The second kappa shape index (κ2) is 6.31. The van der Waals surface area contributed by atoms with Crippen molar-refractivity contribution in [3.05, 3.63) is 68.8 Å². The number of benzene rings is 1. The van der Waals surface area contributed by atoms with Gasteiger partial charge in [-0.05, 0) is 31.9 Å². The number of hydrogen-bond donors (Lipinski definition) is 2. The highest BCUT2D eigenvalue weighted by Gasteiger charge is 2.14. The van der Waals surface area contributed by atoms with E-state index in [1.54, 1.807) is 4.52 Å². The average Bonchev–Trinajstić information content (AvgIpc) is 2.91. The Morgan fingerprint density at radius 3 is 2.75 bits per heavy atom. The molecule has 124 valence electrons. The quantitative estimate of drug-likeness (QED) is 0.768. The highest BCUT2D eigenvalue weighted by molar-refractivity contribution is 5.79. The maximum Gasteiger partial charge on any atom is 0.266 e. The molecule has 0 aliphatic rings. The Morgan fingerprint density at radius 1 is 1.25 bits per heavy atom. The van der Waals surface area contributed by atoms with E-state index in [0.717, 1.165) is 28.1 Å².